The predicted octanol–water partition coefficient (Wildman–Crippen LogP) is 5.57. The molecule has 160 valence electrons. The van der Waals surface area contributed by atoms with E-state index in [-0.39, 0.29) is 12.1 Å². The molecule has 31 heavy (non-hydrogen) atoms. The van der Waals surface area contributed by atoms with E-state index >= 15 is 0 Å². The molecule has 0 unspecified atom stereocenters. The monoisotopic (exact) mass is 432 g/mol. The SMILES string of the molecule is COc1ccccc1N1C(=S)N[C@H](c2ccccn2)[C@H]1c1cccn1C1CCCCC1. The van der Waals surface area contributed by atoms with E-state index in [1.807, 2.05) is 36.5 Å². The number of thiocarbonyl (C=S) groups is 1. The van der Waals surface area contributed by atoms with Crippen molar-refractivity contribution < 1.29 is 4.74 Å². The predicted molar refractivity (Wildman–Crippen MR) is 127 cm³/mol. The molecule has 1 aliphatic carbocycles. The summed E-state index contributed by atoms with van der Waals surface area (Å²) >= 11 is 5.88. The van der Waals surface area contributed by atoms with Gasteiger partial charge in [-0.1, -0.05) is 37.5 Å². The van der Waals surface area contributed by atoms with E-state index in [1.54, 1.807) is 7.11 Å². The van der Waals surface area contributed by atoms with Crippen molar-refractivity contribution in [3.63, 3.8) is 0 Å². The second-order valence-electron chi connectivity index (χ2n) is 8.30. The zero-order valence-corrected chi connectivity index (χ0v) is 18.6. The summed E-state index contributed by atoms with van der Waals surface area (Å²) in [6.45, 7) is 0. The molecule has 2 aliphatic rings. The van der Waals surface area contributed by atoms with Gasteiger partial charge < -0.3 is 19.5 Å². The fraction of sp³-hybridized carbons (Fsp3) is 0.360. The summed E-state index contributed by atoms with van der Waals surface area (Å²) in [5.41, 5.74) is 3.23. The molecule has 1 aliphatic heterocycles. The largest absolute Gasteiger partial charge is 0.495 e. The number of methoxy groups -OCH3 is 1. The highest BCUT2D eigenvalue weighted by atomic mass is 32.1. The molecule has 1 N–H and O–H groups in total. The van der Waals surface area contributed by atoms with Crippen LogP contribution < -0.4 is 15.0 Å². The van der Waals surface area contributed by atoms with Gasteiger partial charge in [-0.2, -0.15) is 0 Å². The van der Waals surface area contributed by atoms with Crippen LogP contribution in [0, 0.1) is 0 Å². The van der Waals surface area contributed by atoms with Gasteiger partial charge >= 0.3 is 0 Å². The van der Waals surface area contributed by atoms with Crippen LogP contribution in [0.4, 0.5) is 5.69 Å². The van der Waals surface area contributed by atoms with Crippen molar-refractivity contribution in [1.82, 2.24) is 14.9 Å². The maximum Gasteiger partial charge on any atom is 0.174 e. The molecule has 3 aromatic rings. The fourth-order valence-corrected chi connectivity index (χ4v) is 5.43. The number of aromatic nitrogens is 2. The fourth-order valence-electron chi connectivity index (χ4n) is 5.09. The van der Waals surface area contributed by atoms with Crippen LogP contribution in [0.1, 0.15) is 61.6 Å². The Kier molecular flexibility index (Phi) is 5.64. The van der Waals surface area contributed by atoms with Gasteiger partial charge in [-0.25, -0.2) is 0 Å². The van der Waals surface area contributed by atoms with E-state index in [1.165, 1.54) is 37.8 Å². The Hall–Kier alpha value is -2.86. The van der Waals surface area contributed by atoms with Crippen LogP contribution in [-0.4, -0.2) is 21.8 Å². The summed E-state index contributed by atoms with van der Waals surface area (Å²) in [5, 5.41) is 4.26. The number of ether oxygens (including phenoxy) is 1. The van der Waals surface area contributed by atoms with Crippen molar-refractivity contribution in [2.45, 2.75) is 50.2 Å². The molecule has 0 radical (unpaired) electrons. The van der Waals surface area contributed by atoms with Crippen molar-refractivity contribution in [2.24, 2.45) is 0 Å². The van der Waals surface area contributed by atoms with Gasteiger partial charge in [0, 0.05) is 24.1 Å². The summed E-state index contributed by atoms with van der Waals surface area (Å²) in [4.78, 5) is 6.89. The lowest BCUT2D eigenvalue weighted by Gasteiger charge is -2.33. The van der Waals surface area contributed by atoms with Crippen molar-refractivity contribution >= 4 is 23.0 Å². The molecule has 2 aromatic heterocycles. The van der Waals surface area contributed by atoms with E-state index in [0.29, 0.717) is 11.2 Å². The molecule has 0 amide bonds. The minimum atomic E-state index is -0.0455. The molecular weight excluding hydrogens is 404 g/mol. The highest BCUT2D eigenvalue weighted by molar-refractivity contribution is 7.80. The minimum Gasteiger partial charge on any atom is -0.495 e. The molecule has 1 saturated carbocycles. The van der Waals surface area contributed by atoms with Crippen molar-refractivity contribution in [1.29, 1.82) is 0 Å². The van der Waals surface area contributed by atoms with E-state index in [2.05, 4.69) is 50.2 Å². The molecule has 1 saturated heterocycles. The summed E-state index contributed by atoms with van der Waals surface area (Å²) in [5.74, 6) is 0.814. The standard InChI is InChI=1S/C25H28N4OS/c1-30-22-15-6-5-13-20(22)29-24(23(27-25(29)31)19-12-7-8-16-26-19)21-14-9-17-28(21)18-10-3-2-4-11-18/h5-9,12-18,23-24H,2-4,10-11H2,1H3,(H,27,31)/t23-,24-/m1/s1. The second kappa shape index (κ2) is 8.71. The number of nitrogens with one attached hydrogen (secondary N) is 1. The summed E-state index contributed by atoms with van der Waals surface area (Å²) in [7, 11) is 1.71. The van der Waals surface area contributed by atoms with E-state index in [0.717, 1.165) is 17.1 Å². The van der Waals surface area contributed by atoms with Gasteiger partial charge in [0.05, 0.1) is 24.5 Å². The minimum absolute atomic E-state index is 0.0179. The first-order valence-electron chi connectivity index (χ1n) is 11.1. The zero-order chi connectivity index (χ0) is 21.2. The number of hydrogen-bond acceptors (Lipinski definition) is 3. The van der Waals surface area contributed by atoms with Crippen LogP contribution in [0.2, 0.25) is 0 Å². The molecule has 2 fully saturated rings. The Labute approximate surface area is 189 Å². The van der Waals surface area contributed by atoms with Gasteiger partial charge in [0.15, 0.2) is 5.11 Å². The summed E-state index contributed by atoms with van der Waals surface area (Å²) in [6.07, 6.45) is 10.5. The zero-order valence-electron chi connectivity index (χ0n) is 17.8. The van der Waals surface area contributed by atoms with Crippen LogP contribution in [0.5, 0.6) is 5.75 Å². The van der Waals surface area contributed by atoms with Gasteiger partial charge in [0.2, 0.25) is 0 Å². The van der Waals surface area contributed by atoms with E-state index in [4.69, 9.17) is 17.0 Å². The van der Waals surface area contributed by atoms with Crippen LogP contribution in [0.15, 0.2) is 67.0 Å². The third-order valence-corrected chi connectivity index (χ3v) is 6.84. The van der Waals surface area contributed by atoms with Crippen molar-refractivity contribution in [3.05, 3.63) is 78.4 Å². The smallest absolute Gasteiger partial charge is 0.174 e. The second-order valence-corrected chi connectivity index (χ2v) is 8.69. The summed E-state index contributed by atoms with van der Waals surface area (Å²) < 4.78 is 8.19. The first-order chi connectivity index (χ1) is 15.3. The number of benzene rings is 1. The average molecular weight is 433 g/mol. The molecule has 6 heteroatoms. The molecule has 1 aromatic carbocycles. The first kappa shape index (κ1) is 20.1. The van der Waals surface area contributed by atoms with Crippen LogP contribution >= 0.6 is 12.2 Å². The number of rotatable bonds is 5. The van der Waals surface area contributed by atoms with Gasteiger partial charge in [-0.15, -0.1) is 0 Å². The van der Waals surface area contributed by atoms with Crippen LogP contribution in [0.25, 0.3) is 0 Å². The van der Waals surface area contributed by atoms with Gasteiger partial charge in [-0.3, -0.25) is 4.98 Å². The lowest BCUT2D eigenvalue weighted by atomic mass is 9.94. The highest BCUT2D eigenvalue weighted by Crippen LogP contribution is 2.45. The third kappa shape index (κ3) is 3.69. The number of hydrogen-bond donors (Lipinski definition) is 1. The van der Waals surface area contributed by atoms with E-state index in [9.17, 15) is 0 Å². The first-order valence-corrected chi connectivity index (χ1v) is 11.5. The molecule has 0 spiro atoms. The highest BCUT2D eigenvalue weighted by Gasteiger charge is 2.43. The average Bonchev–Trinajstić information content (AvgIpc) is 3.44. The Morgan fingerprint density at radius 2 is 1.81 bits per heavy atom. The van der Waals surface area contributed by atoms with Gasteiger partial charge in [-0.05, 0) is 61.5 Å². The lowest BCUT2D eigenvalue weighted by Crippen LogP contribution is -2.31. The number of para-hydroxylation sites is 2. The van der Waals surface area contributed by atoms with E-state index < -0.39 is 0 Å². The molecule has 5 nitrogen and oxygen atoms in total. The van der Waals surface area contributed by atoms with Crippen LogP contribution in [0.3, 0.4) is 0 Å². The van der Waals surface area contributed by atoms with Crippen molar-refractivity contribution in [3.8, 4) is 5.75 Å². The van der Waals surface area contributed by atoms with Gasteiger partial charge in [0.25, 0.3) is 0 Å². The molecule has 0 bridgehead atoms. The van der Waals surface area contributed by atoms with Crippen molar-refractivity contribution in [2.75, 3.05) is 12.0 Å². The molecule has 3 heterocycles. The molecule has 5 rings (SSSR count). The number of anilines is 1. The van der Waals surface area contributed by atoms with Crippen LogP contribution in [-0.2, 0) is 0 Å². The maximum absolute atomic E-state index is 5.88. The molecule has 2 atom stereocenters. The Morgan fingerprint density at radius 3 is 2.58 bits per heavy atom. The Bertz CT molecular complexity index is 1040. The summed E-state index contributed by atoms with van der Waals surface area (Å²) in [6, 6.07) is 19.0. The quantitative estimate of drug-likeness (QED) is 0.534. The maximum atomic E-state index is 5.88. The molecular formula is C25H28N4OS. The number of pyridine rings is 1. The Morgan fingerprint density at radius 1 is 1.00 bits per heavy atom. The third-order valence-electron chi connectivity index (χ3n) is 6.53. The lowest BCUT2D eigenvalue weighted by molar-refractivity contribution is 0.339. The Balaban J connectivity index is 1.63. The normalized spacial score (nSPS) is 21.8. The van der Waals surface area contributed by atoms with Gasteiger partial charge in [0.1, 0.15) is 11.8 Å². The number of nitrogens with zero attached hydrogens (tertiary/aromatic N) is 3. The topological polar surface area (TPSA) is 42.3 Å².